The average molecular weight is 270 g/mol. The number of carbonyl (C=O) groups excluding carboxylic acids is 1. The molecule has 0 atom stereocenters. The van der Waals surface area contributed by atoms with Crippen LogP contribution in [0.5, 0.6) is 0 Å². The van der Waals surface area contributed by atoms with Crippen LogP contribution < -0.4 is 10.6 Å². The smallest absolute Gasteiger partial charge is 0.253 e. The van der Waals surface area contributed by atoms with E-state index < -0.39 is 0 Å². The zero-order valence-electron chi connectivity index (χ0n) is 11.1. The summed E-state index contributed by atoms with van der Waals surface area (Å²) in [6.45, 7) is 6.82. The highest BCUT2D eigenvalue weighted by Gasteiger charge is 2.14. The van der Waals surface area contributed by atoms with E-state index >= 15 is 0 Å². The molecule has 1 heterocycles. The van der Waals surface area contributed by atoms with Gasteiger partial charge in [-0.3, -0.25) is 4.79 Å². The second-order valence-electron chi connectivity index (χ2n) is 4.07. The lowest BCUT2D eigenvalue weighted by atomic mass is 10.1. The number of rotatable bonds is 6. The average Bonchev–Trinajstić information content (AvgIpc) is 2.38. The summed E-state index contributed by atoms with van der Waals surface area (Å²) >= 11 is 6.01. The molecule has 0 aromatic carbocycles. The van der Waals surface area contributed by atoms with Crippen molar-refractivity contribution in [3.63, 3.8) is 0 Å². The second-order valence-corrected chi connectivity index (χ2v) is 4.47. The molecule has 0 saturated carbocycles. The summed E-state index contributed by atoms with van der Waals surface area (Å²) < 4.78 is 0. The number of nitrogens with one attached hydrogen (secondary N) is 2. The Bertz CT molecular complexity index is 405. The molecular formula is C13H20ClN3O. The molecular weight excluding hydrogens is 250 g/mol. The Morgan fingerprint density at radius 2 is 2.06 bits per heavy atom. The predicted octanol–water partition coefficient (Wildman–Crippen LogP) is 3.09. The molecule has 1 aromatic heterocycles. The number of amides is 1. The van der Waals surface area contributed by atoms with Crippen molar-refractivity contribution in [2.24, 2.45) is 0 Å². The van der Waals surface area contributed by atoms with Gasteiger partial charge in [-0.05, 0) is 25.8 Å². The third-order valence-corrected chi connectivity index (χ3v) is 3.08. The number of carbonyl (C=O) groups is 1. The highest BCUT2D eigenvalue weighted by atomic mass is 35.5. The lowest BCUT2D eigenvalue weighted by Crippen LogP contribution is -2.34. The summed E-state index contributed by atoms with van der Waals surface area (Å²) in [7, 11) is 0. The van der Waals surface area contributed by atoms with Crippen molar-refractivity contribution in [3.8, 4) is 0 Å². The molecule has 0 aliphatic carbocycles. The van der Waals surface area contributed by atoms with E-state index in [-0.39, 0.29) is 11.9 Å². The molecule has 4 nitrogen and oxygen atoms in total. The fourth-order valence-electron chi connectivity index (χ4n) is 1.65. The number of anilines is 1. The van der Waals surface area contributed by atoms with Crippen LogP contribution in [-0.2, 0) is 0 Å². The molecule has 5 heteroatoms. The number of pyridine rings is 1. The van der Waals surface area contributed by atoms with Gasteiger partial charge in [0.25, 0.3) is 5.91 Å². The van der Waals surface area contributed by atoms with Crippen LogP contribution in [0.15, 0.2) is 12.3 Å². The van der Waals surface area contributed by atoms with Gasteiger partial charge in [0.1, 0.15) is 5.82 Å². The van der Waals surface area contributed by atoms with E-state index in [0.29, 0.717) is 16.4 Å². The third-order valence-electron chi connectivity index (χ3n) is 2.78. The summed E-state index contributed by atoms with van der Waals surface area (Å²) in [6.07, 6.45) is 3.32. The summed E-state index contributed by atoms with van der Waals surface area (Å²) in [5.74, 6) is 0.520. The molecule has 0 aliphatic rings. The Hall–Kier alpha value is -1.29. The van der Waals surface area contributed by atoms with Crippen molar-refractivity contribution >= 4 is 23.3 Å². The van der Waals surface area contributed by atoms with Gasteiger partial charge in [0.15, 0.2) is 0 Å². The van der Waals surface area contributed by atoms with Crippen LogP contribution in [0.3, 0.4) is 0 Å². The standard InChI is InChI=1S/C13H20ClN3O/c1-4-9(5-2)17-13(18)10-7-12(15-6-3)16-8-11(10)14/h7-9H,4-6H2,1-3H3,(H,15,16)(H,17,18). The summed E-state index contributed by atoms with van der Waals surface area (Å²) in [5, 5.41) is 6.40. The van der Waals surface area contributed by atoms with Gasteiger partial charge in [-0.1, -0.05) is 25.4 Å². The Morgan fingerprint density at radius 1 is 1.39 bits per heavy atom. The van der Waals surface area contributed by atoms with Gasteiger partial charge < -0.3 is 10.6 Å². The number of halogens is 1. The van der Waals surface area contributed by atoms with E-state index in [0.717, 1.165) is 19.4 Å². The molecule has 1 amide bonds. The highest BCUT2D eigenvalue weighted by molar-refractivity contribution is 6.33. The van der Waals surface area contributed by atoms with Gasteiger partial charge in [0, 0.05) is 18.8 Å². The van der Waals surface area contributed by atoms with Crippen LogP contribution in [-0.4, -0.2) is 23.5 Å². The quantitative estimate of drug-likeness (QED) is 0.834. The molecule has 0 bridgehead atoms. The Morgan fingerprint density at radius 3 is 2.61 bits per heavy atom. The first-order valence-electron chi connectivity index (χ1n) is 6.32. The molecule has 0 aliphatic heterocycles. The van der Waals surface area contributed by atoms with E-state index in [2.05, 4.69) is 15.6 Å². The minimum Gasteiger partial charge on any atom is -0.370 e. The molecule has 0 unspecified atom stereocenters. The molecule has 1 aromatic rings. The van der Waals surface area contributed by atoms with Crippen LogP contribution in [0.2, 0.25) is 5.02 Å². The van der Waals surface area contributed by atoms with Crippen molar-refractivity contribution in [2.75, 3.05) is 11.9 Å². The monoisotopic (exact) mass is 269 g/mol. The van der Waals surface area contributed by atoms with Crippen LogP contribution in [0.25, 0.3) is 0 Å². The number of nitrogens with zero attached hydrogens (tertiary/aromatic N) is 1. The predicted molar refractivity (Wildman–Crippen MR) is 75.2 cm³/mol. The number of aromatic nitrogens is 1. The molecule has 0 fully saturated rings. The van der Waals surface area contributed by atoms with Gasteiger partial charge in [0.05, 0.1) is 10.6 Å². The highest BCUT2D eigenvalue weighted by Crippen LogP contribution is 2.18. The number of hydrogen-bond donors (Lipinski definition) is 2. The van der Waals surface area contributed by atoms with Gasteiger partial charge in [-0.25, -0.2) is 4.98 Å². The first-order valence-corrected chi connectivity index (χ1v) is 6.70. The van der Waals surface area contributed by atoms with E-state index in [1.165, 1.54) is 6.20 Å². The zero-order valence-corrected chi connectivity index (χ0v) is 11.8. The first-order chi connectivity index (χ1) is 8.62. The van der Waals surface area contributed by atoms with E-state index in [1.54, 1.807) is 6.07 Å². The molecule has 0 radical (unpaired) electrons. The normalized spacial score (nSPS) is 10.5. The molecule has 0 saturated heterocycles. The molecule has 100 valence electrons. The van der Waals surface area contributed by atoms with Gasteiger partial charge in [-0.2, -0.15) is 0 Å². The Kier molecular flexibility index (Phi) is 5.92. The lowest BCUT2D eigenvalue weighted by molar-refractivity contribution is 0.0935. The molecule has 2 N–H and O–H groups in total. The van der Waals surface area contributed by atoms with Crippen LogP contribution in [0.4, 0.5) is 5.82 Å². The maximum atomic E-state index is 12.1. The minimum atomic E-state index is -0.143. The maximum absolute atomic E-state index is 12.1. The summed E-state index contributed by atoms with van der Waals surface area (Å²) in [6, 6.07) is 1.87. The van der Waals surface area contributed by atoms with Crippen molar-refractivity contribution < 1.29 is 4.79 Å². The Labute approximate surface area is 113 Å². The minimum absolute atomic E-state index is 0.143. The summed E-state index contributed by atoms with van der Waals surface area (Å²) in [4.78, 5) is 16.2. The van der Waals surface area contributed by atoms with Crippen molar-refractivity contribution in [1.29, 1.82) is 0 Å². The van der Waals surface area contributed by atoms with Gasteiger partial charge in [0.2, 0.25) is 0 Å². The fraction of sp³-hybridized carbons (Fsp3) is 0.538. The molecule has 0 spiro atoms. The van der Waals surface area contributed by atoms with Gasteiger partial charge >= 0.3 is 0 Å². The number of hydrogen-bond acceptors (Lipinski definition) is 3. The third kappa shape index (κ3) is 3.88. The van der Waals surface area contributed by atoms with Crippen molar-refractivity contribution in [1.82, 2.24) is 10.3 Å². The van der Waals surface area contributed by atoms with E-state index in [4.69, 9.17) is 11.6 Å². The molecule has 18 heavy (non-hydrogen) atoms. The topological polar surface area (TPSA) is 54.0 Å². The zero-order chi connectivity index (χ0) is 13.5. The second kappa shape index (κ2) is 7.21. The van der Waals surface area contributed by atoms with E-state index in [1.807, 2.05) is 20.8 Å². The molecule has 1 rings (SSSR count). The van der Waals surface area contributed by atoms with Crippen LogP contribution in [0, 0.1) is 0 Å². The lowest BCUT2D eigenvalue weighted by Gasteiger charge is -2.15. The summed E-state index contributed by atoms with van der Waals surface area (Å²) in [5.41, 5.74) is 0.467. The van der Waals surface area contributed by atoms with E-state index in [9.17, 15) is 4.79 Å². The Balaban J connectivity index is 2.86. The van der Waals surface area contributed by atoms with Crippen molar-refractivity contribution in [3.05, 3.63) is 22.8 Å². The van der Waals surface area contributed by atoms with Crippen LogP contribution >= 0.6 is 11.6 Å². The fourth-order valence-corrected chi connectivity index (χ4v) is 1.84. The van der Waals surface area contributed by atoms with Crippen molar-refractivity contribution in [2.45, 2.75) is 39.7 Å². The largest absolute Gasteiger partial charge is 0.370 e. The SMILES string of the molecule is CCNc1cc(C(=O)NC(CC)CC)c(Cl)cn1. The van der Waals surface area contributed by atoms with Crippen LogP contribution in [0.1, 0.15) is 44.0 Å². The first kappa shape index (κ1) is 14.8. The maximum Gasteiger partial charge on any atom is 0.253 e. The van der Waals surface area contributed by atoms with Gasteiger partial charge in [-0.15, -0.1) is 0 Å².